The Morgan fingerprint density at radius 2 is 1.66 bits per heavy atom. The van der Waals surface area contributed by atoms with Gasteiger partial charge in [0.15, 0.2) is 0 Å². The zero-order chi connectivity index (χ0) is 21.0. The second-order valence-electron chi connectivity index (χ2n) is 5.94. The first-order valence-electron chi connectivity index (χ1n) is 8.41. The van der Waals surface area contributed by atoms with Crippen molar-refractivity contribution in [2.24, 2.45) is 0 Å². The Morgan fingerprint density at radius 1 is 1.00 bits per heavy atom. The van der Waals surface area contributed by atoms with Crippen molar-refractivity contribution in [2.75, 3.05) is 5.32 Å². The molecule has 3 aromatic rings. The molecular formula is C19H15F3N4O2S. The van der Waals surface area contributed by atoms with E-state index in [4.69, 9.17) is 0 Å². The van der Waals surface area contributed by atoms with Gasteiger partial charge in [-0.05, 0) is 25.1 Å². The van der Waals surface area contributed by atoms with E-state index in [9.17, 15) is 22.8 Å². The minimum absolute atomic E-state index is 0.00837. The number of imide groups is 1. The van der Waals surface area contributed by atoms with E-state index in [2.05, 4.69) is 20.6 Å². The molecule has 0 saturated carbocycles. The van der Waals surface area contributed by atoms with Crippen LogP contribution in [0.3, 0.4) is 0 Å². The average molecular weight is 420 g/mol. The van der Waals surface area contributed by atoms with Gasteiger partial charge in [0, 0.05) is 11.1 Å². The summed E-state index contributed by atoms with van der Waals surface area (Å²) in [5.41, 5.74) is 0.612. The Morgan fingerprint density at radius 3 is 2.34 bits per heavy atom. The topological polar surface area (TPSA) is 84.0 Å². The summed E-state index contributed by atoms with van der Waals surface area (Å²) in [6.07, 6.45) is -4.72. The molecule has 6 nitrogen and oxygen atoms in total. The molecule has 0 bridgehead atoms. The van der Waals surface area contributed by atoms with Gasteiger partial charge in [-0.15, -0.1) is 0 Å². The summed E-state index contributed by atoms with van der Waals surface area (Å²) in [4.78, 5) is 31.4. The van der Waals surface area contributed by atoms with Crippen LogP contribution in [0.15, 0.2) is 59.6 Å². The molecule has 0 fully saturated rings. The van der Waals surface area contributed by atoms with Crippen molar-refractivity contribution in [2.45, 2.75) is 23.4 Å². The van der Waals surface area contributed by atoms with Crippen molar-refractivity contribution in [3.05, 3.63) is 60.4 Å². The number of nitrogens with zero attached hydrogens (tertiary/aromatic N) is 2. The maximum absolute atomic E-state index is 13.1. The van der Waals surface area contributed by atoms with Gasteiger partial charge in [-0.1, -0.05) is 48.2 Å². The van der Waals surface area contributed by atoms with Crippen LogP contribution in [-0.4, -0.2) is 27.2 Å². The first kappa shape index (κ1) is 20.6. The summed E-state index contributed by atoms with van der Waals surface area (Å²) < 4.78 is 39.3. The Labute approximate surface area is 167 Å². The van der Waals surface area contributed by atoms with Crippen molar-refractivity contribution >= 4 is 40.3 Å². The Balaban J connectivity index is 1.75. The molecule has 0 spiro atoms. The Kier molecular flexibility index (Phi) is 6.02. The molecule has 29 heavy (non-hydrogen) atoms. The monoisotopic (exact) mass is 420 g/mol. The maximum Gasteiger partial charge on any atom is 0.451 e. The first-order valence-corrected chi connectivity index (χ1v) is 9.29. The average Bonchev–Trinajstić information content (AvgIpc) is 2.67. The third-order valence-electron chi connectivity index (χ3n) is 3.75. The highest BCUT2D eigenvalue weighted by Gasteiger charge is 2.36. The van der Waals surface area contributed by atoms with Crippen LogP contribution in [0, 0.1) is 0 Å². The number of benzene rings is 2. The molecule has 0 aliphatic carbocycles. The highest BCUT2D eigenvalue weighted by atomic mass is 32.2. The second-order valence-corrected chi connectivity index (χ2v) is 7.27. The molecule has 0 saturated heterocycles. The van der Waals surface area contributed by atoms with E-state index in [1.807, 2.05) is 0 Å². The molecule has 3 rings (SSSR count). The molecule has 10 heteroatoms. The molecule has 1 atom stereocenters. The summed E-state index contributed by atoms with van der Waals surface area (Å²) in [6.45, 7) is 1.47. The van der Waals surface area contributed by atoms with Crippen LogP contribution in [-0.2, 0) is 11.0 Å². The van der Waals surface area contributed by atoms with E-state index in [0.29, 0.717) is 11.1 Å². The van der Waals surface area contributed by atoms with Crippen LogP contribution >= 0.6 is 11.8 Å². The van der Waals surface area contributed by atoms with Crippen molar-refractivity contribution < 1.29 is 22.8 Å². The molecule has 2 N–H and O–H groups in total. The molecule has 150 valence electrons. The number of rotatable bonds is 4. The highest BCUT2D eigenvalue weighted by molar-refractivity contribution is 8.00. The van der Waals surface area contributed by atoms with E-state index in [-0.39, 0.29) is 10.5 Å². The molecule has 0 aliphatic heterocycles. The van der Waals surface area contributed by atoms with Crippen LogP contribution < -0.4 is 10.6 Å². The van der Waals surface area contributed by atoms with Gasteiger partial charge in [-0.25, -0.2) is 14.8 Å². The number of amides is 3. The summed E-state index contributed by atoms with van der Waals surface area (Å²) in [7, 11) is 0. The number of aromatic nitrogens is 2. The lowest BCUT2D eigenvalue weighted by atomic mass is 10.2. The third-order valence-corrected chi connectivity index (χ3v) is 4.85. The number of carbonyl (C=O) groups is 2. The highest BCUT2D eigenvalue weighted by Crippen LogP contribution is 2.33. The number of fused-ring (bicyclic) bond motifs is 1. The Bertz CT molecular complexity index is 1040. The molecule has 1 aromatic heterocycles. The van der Waals surface area contributed by atoms with Crippen molar-refractivity contribution in [1.29, 1.82) is 0 Å². The van der Waals surface area contributed by atoms with E-state index < -0.39 is 29.2 Å². The van der Waals surface area contributed by atoms with Gasteiger partial charge in [0.1, 0.15) is 5.03 Å². The van der Waals surface area contributed by atoms with Crippen LogP contribution in [0.4, 0.5) is 23.7 Å². The number of alkyl halides is 3. The lowest BCUT2D eigenvalue weighted by Crippen LogP contribution is -2.38. The Hall–Kier alpha value is -3.14. The lowest BCUT2D eigenvalue weighted by molar-refractivity contribution is -0.145. The number of nitrogens with one attached hydrogen (secondary N) is 2. The summed E-state index contributed by atoms with van der Waals surface area (Å²) >= 11 is 0.817. The van der Waals surface area contributed by atoms with Gasteiger partial charge < -0.3 is 5.32 Å². The zero-order valence-corrected chi connectivity index (χ0v) is 15.8. The molecule has 2 aromatic carbocycles. The maximum atomic E-state index is 13.1. The molecule has 0 radical (unpaired) electrons. The van der Waals surface area contributed by atoms with Gasteiger partial charge >= 0.3 is 12.2 Å². The second kappa shape index (κ2) is 8.48. The number of thioether (sulfide) groups is 1. The van der Waals surface area contributed by atoms with Gasteiger partial charge in [0.05, 0.1) is 10.8 Å². The minimum Gasteiger partial charge on any atom is -0.308 e. The third kappa shape index (κ3) is 5.23. The predicted octanol–water partition coefficient (Wildman–Crippen LogP) is 4.48. The lowest BCUT2D eigenvalue weighted by Gasteiger charge is -2.14. The van der Waals surface area contributed by atoms with E-state index in [0.717, 1.165) is 11.8 Å². The molecule has 1 heterocycles. The molecule has 1 unspecified atom stereocenters. The van der Waals surface area contributed by atoms with E-state index in [1.54, 1.807) is 48.5 Å². The predicted molar refractivity (Wildman–Crippen MR) is 103 cm³/mol. The van der Waals surface area contributed by atoms with Crippen LogP contribution in [0.1, 0.15) is 12.7 Å². The zero-order valence-electron chi connectivity index (χ0n) is 15.0. The first-order chi connectivity index (χ1) is 13.7. The fraction of sp³-hybridized carbons (Fsp3) is 0.158. The van der Waals surface area contributed by atoms with Gasteiger partial charge in [-0.2, -0.15) is 13.2 Å². The number of halogens is 3. The fourth-order valence-electron chi connectivity index (χ4n) is 2.38. The van der Waals surface area contributed by atoms with Gasteiger partial charge in [-0.3, -0.25) is 10.1 Å². The van der Waals surface area contributed by atoms with Crippen molar-refractivity contribution in [1.82, 2.24) is 15.3 Å². The van der Waals surface area contributed by atoms with Gasteiger partial charge in [0.2, 0.25) is 11.7 Å². The van der Waals surface area contributed by atoms with Crippen molar-refractivity contribution in [3.8, 4) is 0 Å². The largest absolute Gasteiger partial charge is 0.451 e. The smallest absolute Gasteiger partial charge is 0.308 e. The number of para-hydroxylation sites is 2. The summed E-state index contributed by atoms with van der Waals surface area (Å²) in [6, 6.07) is 14.0. The number of hydrogen-bond donors (Lipinski definition) is 2. The van der Waals surface area contributed by atoms with E-state index in [1.165, 1.54) is 13.0 Å². The van der Waals surface area contributed by atoms with Crippen LogP contribution in [0.2, 0.25) is 0 Å². The minimum atomic E-state index is -4.72. The number of carbonyl (C=O) groups excluding carboxylic acids is 2. The summed E-state index contributed by atoms with van der Waals surface area (Å²) in [5.74, 6) is -1.95. The molecule has 0 aliphatic rings. The number of hydrogen-bond acceptors (Lipinski definition) is 5. The van der Waals surface area contributed by atoms with E-state index >= 15 is 0 Å². The quantitative estimate of drug-likeness (QED) is 0.480. The number of urea groups is 1. The van der Waals surface area contributed by atoms with Crippen molar-refractivity contribution in [3.63, 3.8) is 0 Å². The SMILES string of the molecule is CC(Sc1nc(C(F)(F)F)nc2ccccc12)C(=O)NC(=O)Nc1ccccc1. The normalized spacial score (nSPS) is 12.4. The number of anilines is 1. The molecular weight excluding hydrogens is 405 g/mol. The van der Waals surface area contributed by atoms with Crippen LogP contribution in [0.25, 0.3) is 10.9 Å². The standard InChI is InChI=1S/C19H15F3N4O2S/c1-11(15(27)25-18(28)23-12-7-3-2-4-8-12)29-16-13-9-5-6-10-14(13)24-17(26-16)19(20,21)22/h2-11H,1H3,(H2,23,25,27,28). The summed E-state index contributed by atoms with van der Waals surface area (Å²) in [5, 5.41) is 4.18. The van der Waals surface area contributed by atoms with Gasteiger partial charge in [0.25, 0.3) is 0 Å². The fourth-order valence-corrected chi connectivity index (χ4v) is 3.32. The van der Waals surface area contributed by atoms with Crippen LogP contribution in [0.5, 0.6) is 0 Å². The molecule has 3 amide bonds.